The summed E-state index contributed by atoms with van der Waals surface area (Å²) in [6, 6.07) is 0. The maximum atomic E-state index is 12.3. The number of aliphatic hydroxyl groups is 1. The van der Waals surface area contributed by atoms with Gasteiger partial charge < -0.3 is 5.11 Å². The maximum absolute atomic E-state index is 12.3. The fraction of sp³-hybridized carbons (Fsp3) is 0.727. The van der Waals surface area contributed by atoms with Gasteiger partial charge in [-0.3, -0.25) is 5.10 Å². The van der Waals surface area contributed by atoms with Crippen LogP contribution in [0.4, 0.5) is 0 Å². The smallest absolute Gasteiger partial charge is 0.244 e. The van der Waals surface area contributed by atoms with E-state index in [1.807, 2.05) is 0 Å². The molecule has 0 saturated heterocycles. The van der Waals surface area contributed by atoms with Crippen molar-refractivity contribution >= 4 is 10.0 Å². The van der Waals surface area contributed by atoms with Gasteiger partial charge in [0, 0.05) is 0 Å². The fourth-order valence-electron chi connectivity index (χ4n) is 1.45. The predicted octanol–water partition coefficient (Wildman–Crippen LogP) is 0.854. The molecule has 0 aliphatic heterocycles. The minimum atomic E-state index is -3.72. The van der Waals surface area contributed by atoms with Crippen molar-refractivity contribution in [3.8, 4) is 0 Å². The Hall–Kier alpha value is -0.920. The fourth-order valence-corrected chi connectivity index (χ4v) is 3.36. The molecule has 18 heavy (non-hydrogen) atoms. The molecule has 0 radical (unpaired) electrons. The SMILES string of the molecule is Cc1n[nH]c(C)c1S(=O)(=O)NC(C)(C)C(C)(C)O. The number of rotatable bonds is 4. The van der Waals surface area contributed by atoms with Crippen molar-refractivity contribution in [2.45, 2.75) is 57.6 Å². The average molecular weight is 275 g/mol. The monoisotopic (exact) mass is 275 g/mol. The van der Waals surface area contributed by atoms with Crippen LogP contribution >= 0.6 is 0 Å². The van der Waals surface area contributed by atoms with Crippen LogP contribution in [0.1, 0.15) is 39.1 Å². The van der Waals surface area contributed by atoms with Crippen LogP contribution in [0.15, 0.2) is 4.90 Å². The van der Waals surface area contributed by atoms with E-state index in [-0.39, 0.29) is 4.90 Å². The number of nitrogens with zero attached hydrogens (tertiary/aromatic N) is 1. The van der Waals surface area contributed by atoms with Crippen molar-refractivity contribution in [1.82, 2.24) is 14.9 Å². The predicted molar refractivity (Wildman–Crippen MR) is 68.8 cm³/mol. The van der Waals surface area contributed by atoms with Crippen molar-refractivity contribution in [2.75, 3.05) is 0 Å². The molecule has 0 fully saturated rings. The molecule has 0 amide bonds. The molecule has 0 atom stereocenters. The molecule has 104 valence electrons. The van der Waals surface area contributed by atoms with Crippen LogP contribution in [0.5, 0.6) is 0 Å². The first-order valence-electron chi connectivity index (χ1n) is 5.66. The number of hydrogen-bond acceptors (Lipinski definition) is 4. The second kappa shape index (κ2) is 4.32. The van der Waals surface area contributed by atoms with E-state index in [9.17, 15) is 13.5 Å². The molecule has 1 heterocycles. The topological polar surface area (TPSA) is 95.1 Å². The van der Waals surface area contributed by atoms with E-state index >= 15 is 0 Å². The standard InChI is InChI=1S/C11H21N3O3S/c1-7-9(8(2)13-12-7)18(16,17)14-10(3,4)11(5,6)15/h14-15H,1-6H3,(H,12,13). The van der Waals surface area contributed by atoms with Crippen molar-refractivity contribution in [3.63, 3.8) is 0 Å². The zero-order chi connectivity index (χ0) is 14.4. The molecular weight excluding hydrogens is 254 g/mol. The Kier molecular flexibility index (Phi) is 3.64. The van der Waals surface area contributed by atoms with Crippen molar-refractivity contribution in [3.05, 3.63) is 11.4 Å². The second-order valence-corrected chi connectivity index (χ2v) is 7.17. The number of H-pyrrole nitrogens is 1. The van der Waals surface area contributed by atoms with Crippen LogP contribution in [-0.2, 0) is 10.0 Å². The minimum absolute atomic E-state index is 0.139. The third-order valence-electron chi connectivity index (χ3n) is 3.25. The van der Waals surface area contributed by atoms with Crippen molar-refractivity contribution in [1.29, 1.82) is 0 Å². The number of sulfonamides is 1. The van der Waals surface area contributed by atoms with E-state index in [0.717, 1.165) is 0 Å². The molecular formula is C11H21N3O3S. The zero-order valence-corrected chi connectivity index (χ0v) is 12.4. The summed E-state index contributed by atoms with van der Waals surface area (Å²) in [5.41, 5.74) is -1.30. The largest absolute Gasteiger partial charge is 0.389 e. The lowest BCUT2D eigenvalue weighted by Gasteiger charge is -2.37. The van der Waals surface area contributed by atoms with Crippen molar-refractivity contribution in [2.24, 2.45) is 0 Å². The molecule has 0 aliphatic rings. The highest BCUT2D eigenvalue weighted by atomic mass is 32.2. The van der Waals surface area contributed by atoms with E-state index < -0.39 is 21.2 Å². The van der Waals surface area contributed by atoms with Crippen LogP contribution in [0.25, 0.3) is 0 Å². The molecule has 0 aliphatic carbocycles. The van der Waals surface area contributed by atoms with Crippen LogP contribution in [-0.4, -0.2) is 34.9 Å². The van der Waals surface area contributed by atoms with E-state index in [0.29, 0.717) is 11.4 Å². The van der Waals surface area contributed by atoms with Crippen LogP contribution < -0.4 is 4.72 Å². The van der Waals surface area contributed by atoms with Gasteiger partial charge in [0.1, 0.15) is 4.90 Å². The first-order valence-corrected chi connectivity index (χ1v) is 7.15. The first-order chi connectivity index (χ1) is 7.88. The number of aromatic amines is 1. The number of aromatic nitrogens is 2. The average Bonchev–Trinajstić information content (AvgIpc) is 2.42. The number of nitrogens with one attached hydrogen (secondary N) is 2. The quantitative estimate of drug-likeness (QED) is 0.759. The second-order valence-electron chi connectivity index (χ2n) is 5.55. The number of hydrogen-bond donors (Lipinski definition) is 3. The highest BCUT2D eigenvalue weighted by Crippen LogP contribution is 2.25. The Morgan fingerprint density at radius 2 is 1.72 bits per heavy atom. The van der Waals surface area contributed by atoms with E-state index in [4.69, 9.17) is 0 Å². The summed E-state index contributed by atoms with van der Waals surface area (Å²) in [7, 11) is -3.72. The molecule has 0 aromatic carbocycles. The van der Waals surface area contributed by atoms with Gasteiger partial charge in [0.05, 0.1) is 22.5 Å². The lowest BCUT2D eigenvalue weighted by Crippen LogP contribution is -2.57. The summed E-state index contributed by atoms with van der Waals surface area (Å²) >= 11 is 0. The normalized spacial score (nSPS) is 13.9. The Labute approximate surface area is 108 Å². The lowest BCUT2D eigenvalue weighted by atomic mass is 9.87. The van der Waals surface area contributed by atoms with E-state index in [1.54, 1.807) is 41.5 Å². The summed E-state index contributed by atoms with van der Waals surface area (Å²) in [4.78, 5) is 0.139. The zero-order valence-electron chi connectivity index (χ0n) is 11.6. The van der Waals surface area contributed by atoms with Gasteiger partial charge in [-0.1, -0.05) is 0 Å². The molecule has 0 spiro atoms. The number of aryl methyl sites for hydroxylation is 2. The lowest BCUT2D eigenvalue weighted by molar-refractivity contribution is 0.00637. The minimum Gasteiger partial charge on any atom is -0.389 e. The molecule has 0 bridgehead atoms. The van der Waals surface area contributed by atoms with Crippen LogP contribution in [0.2, 0.25) is 0 Å². The molecule has 0 saturated carbocycles. The molecule has 6 nitrogen and oxygen atoms in total. The maximum Gasteiger partial charge on any atom is 0.244 e. The third kappa shape index (κ3) is 2.73. The summed E-state index contributed by atoms with van der Waals surface area (Å²) in [5, 5.41) is 16.5. The Morgan fingerprint density at radius 3 is 2.06 bits per heavy atom. The molecule has 0 unspecified atom stereocenters. The molecule has 1 aromatic rings. The molecule has 1 aromatic heterocycles. The third-order valence-corrected chi connectivity index (χ3v) is 5.17. The summed E-state index contributed by atoms with van der Waals surface area (Å²) in [6.45, 7) is 9.65. The summed E-state index contributed by atoms with van der Waals surface area (Å²) in [5.74, 6) is 0. The van der Waals surface area contributed by atoms with Crippen LogP contribution in [0, 0.1) is 13.8 Å². The Balaban J connectivity index is 3.19. The summed E-state index contributed by atoms with van der Waals surface area (Å²) in [6.07, 6.45) is 0. The first kappa shape index (κ1) is 15.1. The van der Waals surface area contributed by atoms with Gasteiger partial charge in [0.25, 0.3) is 0 Å². The van der Waals surface area contributed by atoms with Crippen LogP contribution in [0.3, 0.4) is 0 Å². The Bertz CT molecular complexity index is 519. The van der Waals surface area contributed by atoms with Crippen molar-refractivity contribution < 1.29 is 13.5 Å². The van der Waals surface area contributed by atoms with Gasteiger partial charge in [-0.05, 0) is 41.5 Å². The Morgan fingerprint density at radius 1 is 1.22 bits per heavy atom. The van der Waals surface area contributed by atoms with E-state index in [2.05, 4.69) is 14.9 Å². The highest BCUT2D eigenvalue weighted by molar-refractivity contribution is 7.89. The van der Waals surface area contributed by atoms with Gasteiger partial charge in [-0.25, -0.2) is 13.1 Å². The highest BCUT2D eigenvalue weighted by Gasteiger charge is 2.39. The van der Waals surface area contributed by atoms with Gasteiger partial charge >= 0.3 is 0 Å². The van der Waals surface area contributed by atoms with Gasteiger partial charge in [-0.15, -0.1) is 0 Å². The van der Waals surface area contributed by atoms with E-state index in [1.165, 1.54) is 0 Å². The molecule has 3 N–H and O–H groups in total. The molecule has 7 heteroatoms. The summed E-state index contributed by atoms with van der Waals surface area (Å²) < 4.78 is 27.1. The van der Waals surface area contributed by atoms with Gasteiger partial charge in [-0.2, -0.15) is 5.10 Å². The van der Waals surface area contributed by atoms with Gasteiger partial charge in [0.15, 0.2) is 0 Å². The van der Waals surface area contributed by atoms with Gasteiger partial charge in [0.2, 0.25) is 10.0 Å². The molecule has 1 rings (SSSR count).